The highest BCUT2D eigenvalue weighted by Gasteiger charge is 2.33. The molecule has 9 heteroatoms. The van der Waals surface area contributed by atoms with Crippen LogP contribution in [0.15, 0.2) is 53.4 Å². The molecule has 2 aromatic carbocycles. The van der Waals surface area contributed by atoms with Gasteiger partial charge in [0.15, 0.2) is 0 Å². The van der Waals surface area contributed by atoms with Crippen molar-refractivity contribution in [3.05, 3.63) is 54.1 Å². The fraction of sp³-hybridized carbons (Fsp3) is 0.391. The minimum Gasteiger partial charge on any atom is -0.497 e. The normalized spacial score (nSPS) is 17.1. The molecule has 0 spiro atoms. The first-order valence-corrected chi connectivity index (χ1v) is 12.0. The van der Waals surface area contributed by atoms with Crippen molar-refractivity contribution in [1.82, 2.24) is 9.62 Å². The first-order chi connectivity index (χ1) is 15.2. The van der Waals surface area contributed by atoms with Crippen LogP contribution in [0, 0.1) is 0 Å². The van der Waals surface area contributed by atoms with Crippen molar-refractivity contribution in [3.63, 3.8) is 0 Å². The number of likely N-dealkylation sites (tertiary alicyclic amines) is 1. The van der Waals surface area contributed by atoms with E-state index in [-0.39, 0.29) is 22.8 Å². The van der Waals surface area contributed by atoms with E-state index in [2.05, 4.69) is 10.0 Å². The van der Waals surface area contributed by atoms with Gasteiger partial charge in [-0.2, -0.15) is 4.72 Å². The molecular weight excluding hydrogens is 430 g/mol. The summed E-state index contributed by atoms with van der Waals surface area (Å²) in [5.74, 6) is 0.282. The van der Waals surface area contributed by atoms with E-state index < -0.39 is 16.1 Å². The van der Waals surface area contributed by atoms with Gasteiger partial charge in [-0.15, -0.1) is 0 Å². The second-order valence-electron chi connectivity index (χ2n) is 7.93. The van der Waals surface area contributed by atoms with Gasteiger partial charge in [0.1, 0.15) is 5.75 Å². The Kier molecular flexibility index (Phi) is 7.52. The molecule has 0 radical (unpaired) electrons. The lowest BCUT2D eigenvalue weighted by Gasteiger charge is -2.28. The van der Waals surface area contributed by atoms with Crippen LogP contribution in [0.1, 0.15) is 32.3 Å². The molecule has 2 N–H and O–H groups in total. The van der Waals surface area contributed by atoms with Gasteiger partial charge in [-0.3, -0.25) is 9.59 Å². The molecule has 2 atom stereocenters. The number of amides is 2. The van der Waals surface area contributed by atoms with Crippen LogP contribution in [0.25, 0.3) is 0 Å². The van der Waals surface area contributed by atoms with Gasteiger partial charge in [-0.25, -0.2) is 8.42 Å². The van der Waals surface area contributed by atoms with E-state index in [1.54, 1.807) is 18.9 Å². The molecule has 3 rings (SSSR count). The molecule has 1 unspecified atom stereocenters. The minimum absolute atomic E-state index is 0.0125. The van der Waals surface area contributed by atoms with Crippen molar-refractivity contribution in [2.24, 2.45) is 0 Å². The topological polar surface area (TPSA) is 105 Å². The van der Waals surface area contributed by atoms with E-state index in [0.29, 0.717) is 18.7 Å². The Morgan fingerprint density at radius 2 is 1.91 bits per heavy atom. The zero-order valence-corrected chi connectivity index (χ0v) is 19.3. The van der Waals surface area contributed by atoms with Gasteiger partial charge >= 0.3 is 0 Å². The number of hydrogen-bond donors (Lipinski definition) is 2. The van der Waals surface area contributed by atoms with Crippen molar-refractivity contribution in [3.8, 4) is 5.75 Å². The van der Waals surface area contributed by atoms with Crippen LogP contribution in [-0.4, -0.2) is 50.9 Å². The third-order valence-electron chi connectivity index (χ3n) is 5.45. The molecule has 0 aliphatic carbocycles. The number of rotatable bonds is 8. The number of hydrogen-bond acceptors (Lipinski definition) is 5. The highest BCUT2D eigenvalue weighted by Crippen LogP contribution is 2.24. The van der Waals surface area contributed by atoms with Crippen molar-refractivity contribution in [2.75, 3.05) is 19.0 Å². The molecule has 32 heavy (non-hydrogen) atoms. The molecule has 1 heterocycles. The standard InChI is InChI=1S/C23H29N3O5S/c1-16(25-32(29,30)22-11-9-19(10-12-22)24-17(2)27)23(28)26-13-5-7-20(26)14-18-6-4-8-21(15-18)31-3/h4,6,8-12,15-16,20,25H,5,7,13-14H2,1-3H3,(H,24,27)/t16-,20?/m0/s1. The van der Waals surface area contributed by atoms with Gasteiger partial charge in [-0.1, -0.05) is 12.1 Å². The highest BCUT2D eigenvalue weighted by molar-refractivity contribution is 7.89. The largest absolute Gasteiger partial charge is 0.497 e. The molecule has 172 valence electrons. The zero-order chi connectivity index (χ0) is 23.3. The smallest absolute Gasteiger partial charge is 0.241 e. The zero-order valence-electron chi connectivity index (χ0n) is 18.5. The maximum Gasteiger partial charge on any atom is 0.241 e. The predicted octanol–water partition coefficient (Wildman–Crippen LogP) is 2.55. The summed E-state index contributed by atoms with van der Waals surface area (Å²) in [5, 5.41) is 2.59. The molecule has 0 aromatic heterocycles. The Labute approximate surface area is 189 Å². The summed E-state index contributed by atoms with van der Waals surface area (Å²) in [6, 6.07) is 12.7. The van der Waals surface area contributed by atoms with Crippen LogP contribution in [0.3, 0.4) is 0 Å². The van der Waals surface area contributed by atoms with Gasteiger partial charge in [0.2, 0.25) is 21.8 Å². The molecule has 1 aliphatic rings. The number of anilines is 1. The van der Waals surface area contributed by atoms with Crippen LogP contribution >= 0.6 is 0 Å². The first kappa shape index (κ1) is 23.7. The molecule has 0 bridgehead atoms. The maximum atomic E-state index is 13.1. The lowest BCUT2D eigenvalue weighted by molar-refractivity contribution is -0.133. The number of carbonyl (C=O) groups excluding carboxylic acids is 2. The van der Waals surface area contributed by atoms with Crippen molar-refractivity contribution >= 4 is 27.5 Å². The molecule has 1 saturated heterocycles. The SMILES string of the molecule is COc1cccc(CC2CCCN2C(=O)[C@H](C)NS(=O)(=O)c2ccc(NC(C)=O)cc2)c1. The fourth-order valence-electron chi connectivity index (χ4n) is 3.93. The highest BCUT2D eigenvalue weighted by atomic mass is 32.2. The average Bonchev–Trinajstić information content (AvgIpc) is 3.21. The third kappa shape index (κ3) is 5.86. The Morgan fingerprint density at radius 1 is 1.19 bits per heavy atom. The third-order valence-corrected chi connectivity index (χ3v) is 7.01. The van der Waals surface area contributed by atoms with Crippen LogP contribution < -0.4 is 14.8 Å². The van der Waals surface area contributed by atoms with E-state index in [4.69, 9.17) is 4.74 Å². The van der Waals surface area contributed by atoms with E-state index in [1.807, 2.05) is 24.3 Å². The number of nitrogens with one attached hydrogen (secondary N) is 2. The minimum atomic E-state index is -3.89. The molecule has 2 aromatic rings. The van der Waals surface area contributed by atoms with E-state index in [1.165, 1.54) is 31.2 Å². The number of sulfonamides is 1. The van der Waals surface area contributed by atoms with Crippen molar-refractivity contribution < 1.29 is 22.7 Å². The lowest BCUT2D eigenvalue weighted by atomic mass is 10.0. The first-order valence-electron chi connectivity index (χ1n) is 10.5. The van der Waals surface area contributed by atoms with Crippen LogP contribution in [0.2, 0.25) is 0 Å². The molecule has 8 nitrogen and oxygen atoms in total. The van der Waals surface area contributed by atoms with Gasteiger partial charge < -0.3 is 15.0 Å². The van der Waals surface area contributed by atoms with Crippen molar-refractivity contribution in [2.45, 2.75) is 50.1 Å². The summed E-state index contributed by atoms with van der Waals surface area (Å²) in [6.07, 6.45) is 2.44. The van der Waals surface area contributed by atoms with Crippen molar-refractivity contribution in [1.29, 1.82) is 0 Å². The summed E-state index contributed by atoms with van der Waals surface area (Å²) >= 11 is 0. The molecule has 0 saturated carbocycles. The second kappa shape index (κ2) is 10.1. The number of benzene rings is 2. The van der Waals surface area contributed by atoms with Crippen LogP contribution in [0.4, 0.5) is 5.69 Å². The number of methoxy groups -OCH3 is 1. The Morgan fingerprint density at radius 3 is 2.56 bits per heavy atom. The van der Waals surface area contributed by atoms with E-state index >= 15 is 0 Å². The van der Waals surface area contributed by atoms with Gasteiger partial charge in [-0.05, 0) is 68.1 Å². The fourth-order valence-corrected chi connectivity index (χ4v) is 5.13. The summed E-state index contributed by atoms with van der Waals surface area (Å²) in [5.41, 5.74) is 1.57. The Balaban J connectivity index is 1.66. The van der Waals surface area contributed by atoms with Gasteiger partial charge in [0.05, 0.1) is 18.0 Å². The van der Waals surface area contributed by atoms with E-state index in [0.717, 1.165) is 24.2 Å². The monoisotopic (exact) mass is 459 g/mol. The second-order valence-corrected chi connectivity index (χ2v) is 9.65. The maximum absolute atomic E-state index is 13.1. The average molecular weight is 460 g/mol. The van der Waals surface area contributed by atoms with E-state index in [9.17, 15) is 18.0 Å². The molecular formula is C23H29N3O5S. The van der Waals surface area contributed by atoms with Crippen LogP contribution in [0.5, 0.6) is 5.75 Å². The summed E-state index contributed by atoms with van der Waals surface area (Å²) in [4.78, 5) is 26.0. The molecule has 1 aliphatic heterocycles. The van der Waals surface area contributed by atoms with Crippen LogP contribution in [-0.2, 0) is 26.0 Å². The number of nitrogens with zero attached hydrogens (tertiary/aromatic N) is 1. The number of ether oxygens (including phenoxy) is 1. The predicted molar refractivity (Wildman–Crippen MR) is 122 cm³/mol. The molecule has 2 amide bonds. The Hall–Kier alpha value is -2.91. The number of carbonyl (C=O) groups is 2. The summed E-state index contributed by atoms with van der Waals surface area (Å²) in [6.45, 7) is 3.54. The quantitative estimate of drug-likeness (QED) is 0.631. The molecule has 1 fully saturated rings. The Bertz CT molecular complexity index is 1070. The summed E-state index contributed by atoms with van der Waals surface area (Å²) in [7, 11) is -2.27. The summed E-state index contributed by atoms with van der Waals surface area (Å²) < 4.78 is 33.3. The lowest BCUT2D eigenvalue weighted by Crippen LogP contribution is -2.48. The van der Waals surface area contributed by atoms with Gasteiger partial charge in [0.25, 0.3) is 0 Å². The van der Waals surface area contributed by atoms with Gasteiger partial charge in [0, 0.05) is 25.2 Å².